The summed E-state index contributed by atoms with van der Waals surface area (Å²) in [5, 5.41) is 8.69. The number of aromatic carboxylic acids is 1. The van der Waals surface area contributed by atoms with Crippen molar-refractivity contribution in [2.75, 3.05) is 13.7 Å². The lowest BCUT2D eigenvalue weighted by Crippen LogP contribution is -2.27. The van der Waals surface area contributed by atoms with Crippen LogP contribution in [0.1, 0.15) is 28.4 Å². The molecule has 0 aromatic heterocycles. The summed E-state index contributed by atoms with van der Waals surface area (Å²) in [6, 6.07) is 9.88. The van der Waals surface area contributed by atoms with E-state index in [2.05, 4.69) is 15.9 Å². The summed E-state index contributed by atoms with van der Waals surface area (Å²) in [6.45, 7) is 2.29. The van der Waals surface area contributed by atoms with Crippen molar-refractivity contribution in [1.82, 2.24) is 4.90 Å². The zero-order chi connectivity index (χ0) is 21.8. The van der Waals surface area contributed by atoms with Crippen LogP contribution in [0.4, 0.5) is 4.79 Å². The average Bonchev–Trinajstić information content (AvgIpc) is 2.99. The van der Waals surface area contributed by atoms with E-state index < -0.39 is 5.97 Å². The highest BCUT2D eigenvalue weighted by atomic mass is 79.9. The number of halogens is 1. The first-order valence-electron chi connectivity index (χ1n) is 8.92. The third kappa shape index (κ3) is 4.68. The van der Waals surface area contributed by atoms with Gasteiger partial charge in [0.15, 0.2) is 11.5 Å². The molecule has 156 valence electrons. The smallest absolute Gasteiger partial charge is 0.335 e. The number of carbonyl (C=O) groups excluding carboxylic acids is 2. The van der Waals surface area contributed by atoms with Crippen molar-refractivity contribution in [1.29, 1.82) is 0 Å². The van der Waals surface area contributed by atoms with Gasteiger partial charge in [0.2, 0.25) is 0 Å². The molecule has 0 bridgehead atoms. The summed E-state index contributed by atoms with van der Waals surface area (Å²) < 4.78 is 11.9. The highest BCUT2D eigenvalue weighted by Gasteiger charge is 2.33. The van der Waals surface area contributed by atoms with Crippen LogP contribution in [0.5, 0.6) is 11.5 Å². The number of thioether (sulfide) groups is 1. The molecule has 2 aromatic rings. The number of imide groups is 1. The fourth-order valence-corrected chi connectivity index (χ4v) is 4.26. The molecule has 1 saturated heterocycles. The van der Waals surface area contributed by atoms with Crippen molar-refractivity contribution in [2.45, 2.75) is 13.5 Å². The molecule has 1 N–H and O–H groups in total. The van der Waals surface area contributed by atoms with Crippen molar-refractivity contribution in [3.63, 3.8) is 0 Å². The van der Waals surface area contributed by atoms with Gasteiger partial charge in [-0.15, -0.1) is 0 Å². The van der Waals surface area contributed by atoms with E-state index in [1.54, 1.807) is 37.3 Å². The standard InChI is InChI=1S/C21H18BrNO6S/c1-3-23-19(24)17(30-21(23)27)10-13-8-15(22)18(16(9-13)28-2)29-11-12-4-6-14(7-5-12)20(25)26/h4-10H,3,11H2,1-2H3,(H,25,26). The average molecular weight is 492 g/mol. The molecule has 2 amide bonds. The number of amides is 2. The number of benzene rings is 2. The first kappa shape index (κ1) is 21.9. The zero-order valence-corrected chi connectivity index (χ0v) is 18.6. The third-order valence-electron chi connectivity index (χ3n) is 4.32. The molecule has 0 radical (unpaired) electrons. The van der Waals surface area contributed by atoms with Crippen LogP contribution in [0.15, 0.2) is 45.8 Å². The second-order valence-corrected chi connectivity index (χ2v) is 8.10. The highest BCUT2D eigenvalue weighted by molar-refractivity contribution is 9.10. The van der Waals surface area contributed by atoms with Crippen molar-refractivity contribution in [2.24, 2.45) is 0 Å². The van der Waals surface area contributed by atoms with Gasteiger partial charge in [0.25, 0.3) is 11.1 Å². The Hall–Kier alpha value is -2.78. The number of nitrogens with zero attached hydrogens (tertiary/aromatic N) is 1. The van der Waals surface area contributed by atoms with Crippen LogP contribution in [0.25, 0.3) is 6.08 Å². The number of rotatable bonds is 7. The van der Waals surface area contributed by atoms with Gasteiger partial charge in [0, 0.05) is 6.54 Å². The molecular weight excluding hydrogens is 474 g/mol. The summed E-state index contributed by atoms with van der Waals surface area (Å²) in [5.41, 5.74) is 1.68. The number of hydrogen-bond donors (Lipinski definition) is 1. The first-order valence-corrected chi connectivity index (χ1v) is 10.5. The Morgan fingerprint density at radius 1 is 1.23 bits per heavy atom. The van der Waals surface area contributed by atoms with Crippen LogP contribution in [0, 0.1) is 0 Å². The monoisotopic (exact) mass is 491 g/mol. The number of methoxy groups -OCH3 is 1. The molecule has 1 fully saturated rings. The fourth-order valence-electron chi connectivity index (χ4n) is 2.79. The van der Waals surface area contributed by atoms with Gasteiger partial charge in [0.05, 0.1) is 22.1 Å². The molecule has 0 saturated carbocycles. The molecule has 2 aromatic carbocycles. The molecule has 0 aliphatic carbocycles. The molecule has 0 atom stereocenters. The number of likely N-dealkylation sites (N-methyl/N-ethyl adjacent to an activating group) is 1. The lowest BCUT2D eigenvalue weighted by molar-refractivity contribution is -0.122. The second kappa shape index (κ2) is 9.36. The molecule has 0 spiro atoms. The van der Waals surface area contributed by atoms with E-state index in [9.17, 15) is 14.4 Å². The molecule has 0 unspecified atom stereocenters. The minimum absolute atomic E-state index is 0.203. The van der Waals surface area contributed by atoms with E-state index in [1.807, 2.05) is 0 Å². The van der Waals surface area contributed by atoms with Gasteiger partial charge < -0.3 is 14.6 Å². The van der Waals surface area contributed by atoms with E-state index in [0.29, 0.717) is 33.0 Å². The van der Waals surface area contributed by atoms with E-state index in [-0.39, 0.29) is 23.3 Å². The first-order chi connectivity index (χ1) is 14.3. The Kier molecular flexibility index (Phi) is 6.84. The van der Waals surface area contributed by atoms with E-state index in [1.165, 1.54) is 24.1 Å². The molecule has 9 heteroatoms. The van der Waals surface area contributed by atoms with Crippen LogP contribution < -0.4 is 9.47 Å². The van der Waals surface area contributed by atoms with E-state index >= 15 is 0 Å². The molecule has 1 heterocycles. The molecular formula is C21H18BrNO6S. The Balaban J connectivity index is 1.81. The summed E-state index contributed by atoms with van der Waals surface area (Å²) >= 11 is 4.37. The van der Waals surface area contributed by atoms with E-state index in [0.717, 1.165) is 17.3 Å². The number of carboxylic acid groups (broad SMARTS) is 1. The van der Waals surface area contributed by atoms with Crippen molar-refractivity contribution < 1.29 is 29.0 Å². The van der Waals surface area contributed by atoms with Gasteiger partial charge in [-0.25, -0.2) is 4.79 Å². The van der Waals surface area contributed by atoms with Crippen LogP contribution in [0.2, 0.25) is 0 Å². The third-order valence-corrected chi connectivity index (χ3v) is 5.82. The van der Waals surface area contributed by atoms with E-state index in [4.69, 9.17) is 14.6 Å². The lowest BCUT2D eigenvalue weighted by Gasteiger charge is -2.14. The Morgan fingerprint density at radius 3 is 2.50 bits per heavy atom. The molecule has 3 rings (SSSR count). The van der Waals surface area contributed by atoms with Gasteiger partial charge in [-0.1, -0.05) is 12.1 Å². The number of hydrogen-bond acceptors (Lipinski definition) is 6. The Bertz CT molecular complexity index is 1030. The van der Waals surface area contributed by atoms with Crippen LogP contribution in [-0.4, -0.2) is 40.8 Å². The van der Waals surface area contributed by atoms with Crippen LogP contribution >= 0.6 is 27.7 Å². The minimum atomic E-state index is -0.987. The maximum absolute atomic E-state index is 12.3. The topological polar surface area (TPSA) is 93.1 Å². The largest absolute Gasteiger partial charge is 0.493 e. The molecule has 30 heavy (non-hydrogen) atoms. The normalized spacial score (nSPS) is 15.0. The second-order valence-electron chi connectivity index (χ2n) is 6.25. The summed E-state index contributed by atoms with van der Waals surface area (Å²) in [5.74, 6) is -0.377. The highest BCUT2D eigenvalue weighted by Crippen LogP contribution is 2.39. The van der Waals surface area contributed by atoms with Gasteiger partial charge in [-0.3, -0.25) is 14.5 Å². The zero-order valence-electron chi connectivity index (χ0n) is 16.2. The molecule has 7 nitrogen and oxygen atoms in total. The number of ether oxygens (including phenoxy) is 2. The maximum Gasteiger partial charge on any atom is 0.335 e. The molecule has 1 aliphatic heterocycles. The van der Waals surface area contributed by atoms with Crippen molar-refractivity contribution >= 4 is 50.9 Å². The number of carboxylic acids is 1. The lowest BCUT2D eigenvalue weighted by atomic mass is 10.1. The maximum atomic E-state index is 12.3. The van der Waals surface area contributed by atoms with Crippen molar-refractivity contribution in [3.05, 3.63) is 62.5 Å². The van der Waals surface area contributed by atoms with Crippen LogP contribution in [-0.2, 0) is 11.4 Å². The van der Waals surface area contributed by atoms with Gasteiger partial charge in [-0.2, -0.15) is 0 Å². The van der Waals surface area contributed by atoms with Gasteiger partial charge in [-0.05, 0) is 76.1 Å². The van der Waals surface area contributed by atoms with Gasteiger partial charge >= 0.3 is 5.97 Å². The molecule has 1 aliphatic rings. The fraction of sp³-hybridized carbons (Fsp3) is 0.190. The predicted molar refractivity (Wildman–Crippen MR) is 117 cm³/mol. The summed E-state index contributed by atoms with van der Waals surface area (Å²) in [6.07, 6.45) is 1.64. The predicted octanol–water partition coefficient (Wildman–Crippen LogP) is 4.79. The number of carbonyl (C=O) groups is 3. The summed E-state index contributed by atoms with van der Waals surface area (Å²) in [7, 11) is 1.50. The van der Waals surface area contributed by atoms with Crippen molar-refractivity contribution in [3.8, 4) is 11.5 Å². The minimum Gasteiger partial charge on any atom is -0.493 e. The van der Waals surface area contributed by atoms with Crippen LogP contribution in [0.3, 0.4) is 0 Å². The van der Waals surface area contributed by atoms with Gasteiger partial charge in [0.1, 0.15) is 6.61 Å². The SMILES string of the molecule is CCN1C(=O)SC(=Cc2cc(Br)c(OCc3ccc(C(=O)O)cc3)c(OC)c2)C1=O. The Labute approximate surface area is 185 Å². The summed E-state index contributed by atoms with van der Waals surface area (Å²) in [4.78, 5) is 36.7. The quantitative estimate of drug-likeness (QED) is 0.556. The Morgan fingerprint density at radius 2 is 1.93 bits per heavy atom.